The average molecular weight is 518 g/mol. The fraction of sp³-hybridized carbons (Fsp3) is 0.500. The first-order valence-corrected chi connectivity index (χ1v) is 13.6. The molecule has 8 heteroatoms. The van der Waals surface area contributed by atoms with E-state index in [1.807, 2.05) is 68.1 Å². The number of carbonyl (C=O) groups excluding carboxylic acids is 1. The Kier molecular flexibility index (Phi) is 13.8. The number of carboxylic acid groups (broad SMARTS) is 1. The molecule has 2 aromatic carbocycles. The minimum atomic E-state index is -0.972. The molecule has 0 bridgehead atoms. The molecule has 2 atom stereocenters. The molecule has 0 saturated heterocycles. The van der Waals surface area contributed by atoms with Crippen LogP contribution < -0.4 is 4.74 Å². The zero-order valence-corrected chi connectivity index (χ0v) is 22.4. The number of thioether (sulfide) groups is 1. The Bertz CT molecular complexity index is 893. The van der Waals surface area contributed by atoms with E-state index in [1.54, 1.807) is 11.8 Å². The lowest BCUT2D eigenvalue weighted by atomic mass is 10.1. The maximum Gasteiger partial charge on any atom is 0.410 e. The number of aliphatic carboxylic acids is 1. The van der Waals surface area contributed by atoms with Crippen molar-refractivity contribution in [3.05, 3.63) is 60.2 Å². The lowest BCUT2D eigenvalue weighted by molar-refractivity contribution is -0.149. The molecule has 0 saturated carbocycles. The molecule has 198 valence electrons. The van der Waals surface area contributed by atoms with Gasteiger partial charge in [-0.2, -0.15) is 0 Å². The molecule has 2 rings (SSSR count). The third-order valence-electron chi connectivity index (χ3n) is 5.59. The largest absolute Gasteiger partial charge is 0.492 e. The summed E-state index contributed by atoms with van der Waals surface area (Å²) in [6.07, 6.45) is 1.63. The molecule has 36 heavy (non-hydrogen) atoms. The number of ether oxygens (including phenoxy) is 3. The quantitative estimate of drug-likeness (QED) is 0.206. The molecule has 0 aliphatic carbocycles. The van der Waals surface area contributed by atoms with E-state index in [-0.39, 0.29) is 12.2 Å². The van der Waals surface area contributed by atoms with Gasteiger partial charge in [-0.05, 0) is 68.7 Å². The zero-order chi connectivity index (χ0) is 26.2. The van der Waals surface area contributed by atoms with Gasteiger partial charge in [-0.1, -0.05) is 37.3 Å². The normalized spacial score (nSPS) is 12.5. The Morgan fingerprint density at radius 3 is 2.36 bits per heavy atom. The summed E-state index contributed by atoms with van der Waals surface area (Å²) < 4.78 is 16.7. The van der Waals surface area contributed by atoms with Crippen molar-refractivity contribution in [3.8, 4) is 5.75 Å². The van der Waals surface area contributed by atoms with Crippen LogP contribution in [0.4, 0.5) is 4.79 Å². The number of rotatable bonds is 17. The van der Waals surface area contributed by atoms with Crippen molar-refractivity contribution in [2.24, 2.45) is 0 Å². The monoisotopic (exact) mass is 517 g/mol. The second-order valence-corrected chi connectivity index (χ2v) is 9.61. The second kappa shape index (κ2) is 16.9. The van der Waals surface area contributed by atoms with Crippen LogP contribution in [0.15, 0.2) is 59.5 Å². The summed E-state index contributed by atoms with van der Waals surface area (Å²) in [5, 5.41) is 9.25. The van der Waals surface area contributed by atoms with Crippen LogP contribution in [0.5, 0.6) is 5.75 Å². The van der Waals surface area contributed by atoms with E-state index >= 15 is 0 Å². The van der Waals surface area contributed by atoms with Gasteiger partial charge < -0.3 is 24.2 Å². The van der Waals surface area contributed by atoms with E-state index in [9.17, 15) is 14.7 Å². The van der Waals surface area contributed by atoms with E-state index < -0.39 is 12.1 Å². The molecule has 2 unspecified atom stereocenters. The van der Waals surface area contributed by atoms with Crippen molar-refractivity contribution in [2.75, 3.05) is 32.1 Å². The zero-order valence-electron chi connectivity index (χ0n) is 21.6. The van der Waals surface area contributed by atoms with Gasteiger partial charge in [0.25, 0.3) is 0 Å². The lowest BCUT2D eigenvalue weighted by Gasteiger charge is -2.24. The summed E-state index contributed by atoms with van der Waals surface area (Å²) in [6, 6.07) is 17.6. The SMILES string of the molecule is CCOC(Cc1ccc(OCCN(CCCCSc2ccccc2)C(=O)OC(C)CC)cc1)C(=O)O. The number of hydrogen-bond acceptors (Lipinski definition) is 6. The smallest absolute Gasteiger partial charge is 0.410 e. The van der Waals surface area contributed by atoms with Crippen LogP contribution >= 0.6 is 11.8 Å². The van der Waals surface area contributed by atoms with Crippen molar-refractivity contribution in [3.63, 3.8) is 0 Å². The van der Waals surface area contributed by atoms with E-state index in [2.05, 4.69) is 12.1 Å². The molecule has 0 spiro atoms. The Labute approximate surface area is 219 Å². The fourth-order valence-corrected chi connectivity index (χ4v) is 4.30. The van der Waals surface area contributed by atoms with E-state index in [0.29, 0.717) is 38.5 Å². The van der Waals surface area contributed by atoms with Gasteiger partial charge in [0.1, 0.15) is 18.5 Å². The molecule has 7 nitrogen and oxygen atoms in total. The summed E-state index contributed by atoms with van der Waals surface area (Å²) in [6.45, 7) is 7.38. The average Bonchev–Trinajstić information content (AvgIpc) is 2.88. The third kappa shape index (κ3) is 11.4. The van der Waals surface area contributed by atoms with Crippen molar-refractivity contribution < 1.29 is 28.9 Å². The highest BCUT2D eigenvalue weighted by molar-refractivity contribution is 7.99. The van der Waals surface area contributed by atoms with Gasteiger partial charge in [0.2, 0.25) is 0 Å². The van der Waals surface area contributed by atoms with Crippen LogP contribution in [0.2, 0.25) is 0 Å². The van der Waals surface area contributed by atoms with Gasteiger partial charge in [-0.15, -0.1) is 11.8 Å². The summed E-state index contributed by atoms with van der Waals surface area (Å²) in [5.41, 5.74) is 0.857. The number of unbranched alkanes of at least 4 members (excludes halogenated alkanes) is 1. The third-order valence-corrected chi connectivity index (χ3v) is 6.69. The summed E-state index contributed by atoms with van der Waals surface area (Å²) in [5.74, 6) is 0.685. The molecule has 2 aromatic rings. The lowest BCUT2D eigenvalue weighted by Crippen LogP contribution is -2.37. The van der Waals surface area contributed by atoms with Gasteiger partial charge in [-0.3, -0.25) is 0 Å². The molecule has 0 aliphatic heterocycles. The minimum absolute atomic E-state index is 0.131. The maximum atomic E-state index is 12.7. The van der Waals surface area contributed by atoms with E-state index in [1.165, 1.54) is 4.90 Å². The van der Waals surface area contributed by atoms with Crippen LogP contribution in [0.1, 0.15) is 45.6 Å². The van der Waals surface area contributed by atoms with Gasteiger partial charge >= 0.3 is 12.1 Å². The number of carboxylic acids is 1. The van der Waals surface area contributed by atoms with Gasteiger partial charge in [0, 0.05) is 24.5 Å². The summed E-state index contributed by atoms with van der Waals surface area (Å²) in [7, 11) is 0. The predicted molar refractivity (Wildman–Crippen MR) is 143 cm³/mol. The van der Waals surface area contributed by atoms with Crippen LogP contribution in [0.25, 0.3) is 0 Å². The Hall–Kier alpha value is -2.71. The predicted octanol–water partition coefficient (Wildman–Crippen LogP) is 5.91. The molecule has 1 N–H and O–H groups in total. The number of nitrogens with zero attached hydrogens (tertiary/aromatic N) is 1. The van der Waals surface area contributed by atoms with E-state index in [0.717, 1.165) is 30.6 Å². The molecule has 1 amide bonds. The molecule has 0 aromatic heterocycles. The Morgan fingerprint density at radius 2 is 1.72 bits per heavy atom. The Balaban J connectivity index is 1.81. The minimum Gasteiger partial charge on any atom is -0.492 e. The summed E-state index contributed by atoms with van der Waals surface area (Å²) in [4.78, 5) is 26.9. The first-order valence-electron chi connectivity index (χ1n) is 12.6. The summed E-state index contributed by atoms with van der Waals surface area (Å²) >= 11 is 1.82. The van der Waals surface area contributed by atoms with Gasteiger partial charge in [-0.25, -0.2) is 9.59 Å². The molecule has 0 fully saturated rings. The highest BCUT2D eigenvalue weighted by atomic mass is 32.2. The molecular weight excluding hydrogens is 478 g/mol. The Morgan fingerprint density at radius 1 is 1.00 bits per heavy atom. The number of carbonyl (C=O) groups is 2. The maximum absolute atomic E-state index is 12.7. The first kappa shape index (κ1) is 29.5. The van der Waals surface area contributed by atoms with Crippen LogP contribution in [-0.2, 0) is 20.7 Å². The second-order valence-electron chi connectivity index (χ2n) is 8.44. The van der Waals surface area contributed by atoms with Crippen molar-refractivity contribution in [1.82, 2.24) is 4.90 Å². The topological polar surface area (TPSA) is 85.3 Å². The highest BCUT2D eigenvalue weighted by Gasteiger charge is 2.19. The van der Waals surface area contributed by atoms with Crippen molar-refractivity contribution in [1.29, 1.82) is 0 Å². The van der Waals surface area contributed by atoms with Crippen LogP contribution in [-0.4, -0.2) is 66.3 Å². The van der Waals surface area contributed by atoms with Crippen molar-refractivity contribution >= 4 is 23.8 Å². The van der Waals surface area contributed by atoms with Gasteiger partial charge in [0.15, 0.2) is 6.10 Å². The van der Waals surface area contributed by atoms with Crippen LogP contribution in [0.3, 0.4) is 0 Å². The molecule has 0 radical (unpaired) electrons. The first-order chi connectivity index (χ1) is 17.4. The molecule has 0 aliphatic rings. The fourth-order valence-electron chi connectivity index (χ4n) is 3.36. The number of amides is 1. The molecule has 0 heterocycles. The van der Waals surface area contributed by atoms with Crippen molar-refractivity contribution in [2.45, 2.75) is 63.6 Å². The standard InChI is InChI=1S/C28H39NO6S/c1-4-22(3)35-28(32)29(17-9-10-20-36-25-11-7-6-8-12-25)18-19-34-24-15-13-23(14-16-24)21-26(27(30)31)33-5-2/h6-8,11-16,22,26H,4-5,9-10,17-21H2,1-3H3,(H,30,31). The van der Waals surface area contributed by atoms with Crippen LogP contribution in [0, 0.1) is 0 Å². The van der Waals surface area contributed by atoms with Gasteiger partial charge in [0.05, 0.1) is 6.54 Å². The number of benzene rings is 2. The van der Waals surface area contributed by atoms with E-state index in [4.69, 9.17) is 14.2 Å². The number of hydrogen-bond donors (Lipinski definition) is 1. The highest BCUT2D eigenvalue weighted by Crippen LogP contribution is 2.19. The molecular formula is C28H39NO6S.